The molecule has 0 unspecified atom stereocenters. The van der Waals surface area contributed by atoms with Crippen LogP contribution in [-0.4, -0.2) is 31.2 Å². The van der Waals surface area contributed by atoms with Crippen LogP contribution < -0.4 is 5.73 Å². The molecule has 128 valence electrons. The number of hydrogen-bond donors (Lipinski definition) is 2. The molecule has 25 heavy (non-hydrogen) atoms. The lowest BCUT2D eigenvalue weighted by Gasteiger charge is -2.35. The quantitative estimate of drug-likeness (QED) is 0.729. The third kappa shape index (κ3) is 2.70. The maximum Gasteiger partial charge on any atom is 0.287 e. The van der Waals surface area contributed by atoms with Gasteiger partial charge in [-0.25, -0.2) is 4.68 Å². The standard InChI is InChI=1S/C17H17N5O3/c18-17(24)16-14(15(20-25-16)10-4-2-1-3-5-10)11-6-13(7-11)22-8-12(9-23)19-21-22/h1-5,8,11,13,23H,6-7,9H2,(H2,18,24). The molecule has 2 heterocycles. The van der Waals surface area contributed by atoms with Gasteiger partial charge in [-0.2, -0.15) is 0 Å². The van der Waals surface area contributed by atoms with Gasteiger partial charge in [-0.3, -0.25) is 4.79 Å². The first-order valence-corrected chi connectivity index (χ1v) is 8.03. The van der Waals surface area contributed by atoms with Crippen LogP contribution in [0.1, 0.15) is 46.6 Å². The molecule has 0 aliphatic heterocycles. The van der Waals surface area contributed by atoms with Crippen LogP contribution in [-0.2, 0) is 6.61 Å². The van der Waals surface area contributed by atoms with Crippen molar-refractivity contribution in [3.8, 4) is 11.3 Å². The summed E-state index contributed by atoms with van der Waals surface area (Å²) in [6, 6.07) is 9.75. The summed E-state index contributed by atoms with van der Waals surface area (Å²) in [7, 11) is 0. The first-order chi connectivity index (χ1) is 12.2. The van der Waals surface area contributed by atoms with E-state index in [9.17, 15) is 4.79 Å². The Morgan fingerprint density at radius 3 is 2.72 bits per heavy atom. The molecule has 1 amide bonds. The molecule has 0 bridgehead atoms. The van der Waals surface area contributed by atoms with Crippen molar-refractivity contribution in [3.05, 3.63) is 53.5 Å². The van der Waals surface area contributed by atoms with E-state index in [4.69, 9.17) is 15.4 Å². The van der Waals surface area contributed by atoms with E-state index in [0.717, 1.165) is 24.0 Å². The number of aliphatic hydroxyl groups is 1. The highest BCUT2D eigenvalue weighted by molar-refractivity contribution is 5.93. The number of carbonyl (C=O) groups excluding carboxylic acids is 1. The summed E-state index contributed by atoms with van der Waals surface area (Å²) in [5.74, 6) is -0.385. The Labute approximate surface area is 143 Å². The van der Waals surface area contributed by atoms with Crippen LogP contribution in [0.25, 0.3) is 11.3 Å². The third-order valence-electron chi connectivity index (χ3n) is 4.61. The van der Waals surface area contributed by atoms with E-state index in [1.807, 2.05) is 30.3 Å². The maximum atomic E-state index is 11.7. The highest BCUT2D eigenvalue weighted by atomic mass is 16.5. The number of primary amides is 1. The molecular formula is C17H17N5O3. The predicted octanol–water partition coefficient (Wildman–Crippen LogP) is 1.64. The van der Waals surface area contributed by atoms with E-state index in [1.54, 1.807) is 10.9 Å². The largest absolute Gasteiger partial charge is 0.390 e. The van der Waals surface area contributed by atoms with Gasteiger partial charge in [-0.05, 0) is 18.8 Å². The molecule has 8 nitrogen and oxygen atoms in total. The minimum atomic E-state index is -0.614. The fraction of sp³-hybridized carbons (Fsp3) is 0.294. The van der Waals surface area contributed by atoms with E-state index < -0.39 is 5.91 Å². The first kappa shape index (κ1) is 15.5. The fourth-order valence-electron chi connectivity index (χ4n) is 3.26. The smallest absolute Gasteiger partial charge is 0.287 e. The highest BCUT2D eigenvalue weighted by Gasteiger charge is 2.38. The van der Waals surface area contributed by atoms with Crippen molar-refractivity contribution in [2.75, 3.05) is 0 Å². The number of nitrogens with zero attached hydrogens (tertiary/aromatic N) is 4. The van der Waals surface area contributed by atoms with Gasteiger partial charge >= 0.3 is 0 Å². The third-order valence-corrected chi connectivity index (χ3v) is 4.61. The Bertz CT molecular complexity index is 896. The van der Waals surface area contributed by atoms with Crippen molar-refractivity contribution in [2.24, 2.45) is 5.73 Å². The van der Waals surface area contributed by atoms with Crippen LogP contribution in [0.5, 0.6) is 0 Å². The van der Waals surface area contributed by atoms with Crippen molar-refractivity contribution in [3.63, 3.8) is 0 Å². The Balaban J connectivity index is 1.62. The van der Waals surface area contributed by atoms with Gasteiger partial charge in [0.25, 0.3) is 5.91 Å². The molecule has 1 aliphatic carbocycles. The second-order valence-electron chi connectivity index (χ2n) is 6.17. The first-order valence-electron chi connectivity index (χ1n) is 8.03. The van der Waals surface area contributed by atoms with Crippen LogP contribution in [0.2, 0.25) is 0 Å². The van der Waals surface area contributed by atoms with E-state index in [1.165, 1.54) is 0 Å². The van der Waals surface area contributed by atoms with E-state index in [0.29, 0.717) is 11.4 Å². The molecule has 3 aromatic rings. The monoisotopic (exact) mass is 339 g/mol. The summed E-state index contributed by atoms with van der Waals surface area (Å²) in [6.45, 7) is -0.133. The van der Waals surface area contributed by atoms with Gasteiger partial charge in [0.15, 0.2) is 0 Å². The Hall–Kier alpha value is -3.00. The summed E-state index contributed by atoms with van der Waals surface area (Å²) in [4.78, 5) is 11.7. The average Bonchev–Trinajstić information content (AvgIpc) is 3.22. The molecule has 1 saturated carbocycles. The van der Waals surface area contributed by atoms with E-state index in [2.05, 4.69) is 15.5 Å². The molecule has 0 atom stereocenters. The number of nitrogens with two attached hydrogens (primary N) is 1. The molecule has 1 aliphatic rings. The molecule has 8 heteroatoms. The second-order valence-corrected chi connectivity index (χ2v) is 6.17. The molecule has 3 N–H and O–H groups in total. The van der Waals surface area contributed by atoms with Crippen molar-refractivity contribution in [2.45, 2.75) is 31.4 Å². The Kier molecular flexibility index (Phi) is 3.81. The summed E-state index contributed by atoms with van der Waals surface area (Å²) >= 11 is 0. The number of aromatic nitrogens is 4. The van der Waals surface area contributed by atoms with Gasteiger partial charge < -0.3 is 15.4 Å². The van der Waals surface area contributed by atoms with Crippen molar-refractivity contribution in [1.29, 1.82) is 0 Å². The van der Waals surface area contributed by atoms with Gasteiger partial charge in [0.2, 0.25) is 5.76 Å². The maximum absolute atomic E-state index is 11.7. The van der Waals surface area contributed by atoms with Crippen LogP contribution in [0.15, 0.2) is 41.1 Å². The summed E-state index contributed by atoms with van der Waals surface area (Å²) < 4.78 is 6.99. The van der Waals surface area contributed by atoms with Gasteiger partial charge in [0.05, 0.1) is 18.8 Å². The normalized spacial score (nSPS) is 19.6. The van der Waals surface area contributed by atoms with Crippen LogP contribution in [0.4, 0.5) is 0 Å². The number of hydrogen-bond acceptors (Lipinski definition) is 6. The molecule has 1 fully saturated rings. The minimum Gasteiger partial charge on any atom is -0.390 e. The molecule has 0 spiro atoms. The van der Waals surface area contributed by atoms with Crippen LogP contribution in [0, 0.1) is 0 Å². The molecular weight excluding hydrogens is 322 g/mol. The Morgan fingerprint density at radius 2 is 2.08 bits per heavy atom. The number of amides is 1. The predicted molar refractivity (Wildman–Crippen MR) is 87.4 cm³/mol. The zero-order valence-corrected chi connectivity index (χ0v) is 13.4. The van der Waals surface area contributed by atoms with Crippen molar-refractivity contribution in [1.82, 2.24) is 20.2 Å². The molecule has 0 saturated heterocycles. The number of aliphatic hydroxyl groups excluding tert-OH is 1. The minimum absolute atomic E-state index is 0.107. The number of benzene rings is 1. The Morgan fingerprint density at radius 1 is 1.32 bits per heavy atom. The number of carbonyl (C=O) groups is 1. The van der Waals surface area contributed by atoms with E-state index >= 15 is 0 Å². The van der Waals surface area contributed by atoms with Gasteiger partial charge in [0.1, 0.15) is 11.4 Å². The zero-order valence-electron chi connectivity index (χ0n) is 13.4. The molecule has 1 aromatic carbocycles. The van der Waals surface area contributed by atoms with Gasteiger partial charge in [-0.1, -0.05) is 40.7 Å². The van der Waals surface area contributed by atoms with Crippen LogP contribution in [0.3, 0.4) is 0 Å². The van der Waals surface area contributed by atoms with E-state index in [-0.39, 0.29) is 24.3 Å². The van der Waals surface area contributed by atoms with Crippen molar-refractivity contribution >= 4 is 5.91 Å². The molecule has 2 aromatic heterocycles. The second kappa shape index (κ2) is 6.14. The lowest BCUT2D eigenvalue weighted by molar-refractivity contribution is 0.0960. The topological polar surface area (TPSA) is 120 Å². The van der Waals surface area contributed by atoms with Crippen molar-refractivity contribution < 1.29 is 14.4 Å². The lowest BCUT2D eigenvalue weighted by Crippen LogP contribution is -2.27. The number of rotatable bonds is 5. The summed E-state index contributed by atoms with van der Waals surface area (Å²) in [6.07, 6.45) is 3.28. The summed E-state index contributed by atoms with van der Waals surface area (Å²) in [5, 5.41) is 21.1. The van der Waals surface area contributed by atoms with Gasteiger partial charge in [-0.15, -0.1) is 5.10 Å². The molecule has 0 radical (unpaired) electrons. The fourth-order valence-corrected chi connectivity index (χ4v) is 3.26. The van der Waals surface area contributed by atoms with Gasteiger partial charge in [0, 0.05) is 11.1 Å². The summed E-state index contributed by atoms with van der Waals surface area (Å²) in [5.41, 5.74) is 8.31. The lowest BCUT2D eigenvalue weighted by atomic mass is 9.74. The molecule has 4 rings (SSSR count). The SMILES string of the molecule is NC(=O)c1onc(-c2ccccc2)c1C1CC(n2cc(CO)nn2)C1. The van der Waals surface area contributed by atoms with Crippen LogP contribution >= 0.6 is 0 Å². The average molecular weight is 339 g/mol. The highest BCUT2D eigenvalue weighted by Crippen LogP contribution is 2.48. The zero-order chi connectivity index (χ0) is 17.4.